The first kappa shape index (κ1) is 14.6. The second-order valence-electron chi connectivity index (χ2n) is 2.94. The Balaban J connectivity index is 4.93. The smallest absolute Gasteiger partial charge is 0.455 e. The van der Waals surface area contributed by atoms with Gasteiger partial charge in [-0.3, -0.25) is 14.4 Å². The molecule has 92 valence electrons. The molecule has 1 N–H and O–H groups in total. The third-order valence-corrected chi connectivity index (χ3v) is 3.95. The Morgan fingerprint density at radius 2 is 1.25 bits per heavy atom. The number of carbonyl (C=O) groups is 3. The van der Waals surface area contributed by atoms with Gasteiger partial charge in [-0.25, -0.2) is 0 Å². The summed E-state index contributed by atoms with van der Waals surface area (Å²) in [5, 5.41) is 8.80. The Kier molecular flexibility index (Phi) is 5.68. The van der Waals surface area contributed by atoms with Gasteiger partial charge in [0.05, 0.1) is 12.7 Å². The Labute approximate surface area is 93.7 Å². The molecule has 0 fully saturated rings. The number of hydrogen-bond acceptors (Lipinski definition) is 7. The summed E-state index contributed by atoms with van der Waals surface area (Å²) in [5.74, 6) is -2.24. The Morgan fingerprint density at radius 3 is 1.44 bits per heavy atom. The quantitative estimate of drug-likeness (QED) is 0.663. The van der Waals surface area contributed by atoms with Crippen molar-refractivity contribution in [3.05, 3.63) is 0 Å². The molecular formula is C8H14O7Si. The molecule has 0 radical (unpaired) electrons. The van der Waals surface area contributed by atoms with Crippen molar-refractivity contribution < 1.29 is 32.8 Å². The van der Waals surface area contributed by atoms with Crippen molar-refractivity contribution in [2.75, 3.05) is 6.61 Å². The molecule has 0 aromatic carbocycles. The average molecular weight is 250 g/mol. The minimum Gasteiger partial charge on any atom is -0.455 e. The maximum absolute atomic E-state index is 10.8. The topological polar surface area (TPSA) is 99.1 Å². The zero-order valence-corrected chi connectivity index (χ0v) is 10.3. The molecule has 0 aliphatic carbocycles. The molecule has 0 saturated carbocycles. The van der Waals surface area contributed by atoms with Gasteiger partial charge in [0.2, 0.25) is 0 Å². The van der Waals surface area contributed by atoms with Crippen molar-refractivity contribution in [1.82, 2.24) is 0 Å². The molecule has 0 saturated heterocycles. The second kappa shape index (κ2) is 6.23. The number of rotatable bonds is 5. The summed E-state index contributed by atoms with van der Waals surface area (Å²) in [6.45, 7) is 2.84. The summed E-state index contributed by atoms with van der Waals surface area (Å²) < 4.78 is 14.3. The Hall–Kier alpha value is -1.41. The monoisotopic (exact) mass is 250 g/mol. The van der Waals surface area contributed by atoms with Crippen molar-refractivity contribution in [1.29, 1.82) is 0 Å². The van der Waals surface area contributed by atoms with Crippen LogP contribution in [0.1, 0.15) is 20.8 Å². The van der Waals surface area contributed by atoms with Crippen LogP contribution in [0, 0.1) is 0 Å². The van der Waals surface area contributed by atoms with Crippen LogP contribution >= 0.6 is 0 Å². The Bertz CT molecular complexity index is 247. The first-order chi connectivity index (χ1) is 7.31. The van der Waals surface area contributed by atoms with Gasteiger partial charge in [0, 0.05) is 20.8 Å². The summed E-state index contributed by atoms with van der Waals surface area (Å²) in [6, 6.07) is -0.217. The lowest BCUT2D eigenvalue weighted by Gasteiger charge is -2.25. The van der Waals surface area contributed by atoms with E-state index in [1.807, 2.05) is 0 Å². The molecule has 0 bridgehead atoms. The van der Waals surface area contributed by atoms with Crippen molar-refractivity contribution in [3.63, 3.8) is 0 Å². The van der Waals surface area contributed by atoms with E-state index in [0.29, 0.717) is 0 Å². The highest BCUT2D eigenvalue weighted by molar-refractivity contribution is 6.65. The van der Waals surface area contributed by atoms with E-state index in [0.717, 1.165) is 20.8 Å². The average Bonchev–Trinajstić information content (AvgIpc) is 1.98. The standard InChI is InChI=1S/C8H14O7Si/c1-6(10)13-16(5-4-9,14-7(2)11)15-8(3)12/h9H,4-5H2,1-3H3. The van der Waals surface area contributed by atoms with E-state index in [2.05, 4.69) is 0 Å². The van der Waals surface area contributed by atoms with Gasteiger partial charge in [-0.1, -0.05) is 0 Å². The van der Waals surface area contributed by atoms with Gasteiger partial charge < -0.3 is 18.4 Å². The molecule has 0 heterocycles. The fourth-order valence-corrected chi connectivity index (χ4v) is 3.03. The molecule has 16 heavy (non-hydrogen) atoms. The predicted molar refractivity (Wildman–Crippen MR) is 52.9 cm³/mol. The molecule has 0 aliphatic heterocycles. The molecule has 0 rings (SSSR count). The van der Waals surface area contributed by atoms with Crippen LogP contribution in [0.25, 0.3) is 0 Å². The minimum absolute atomic E-state index is 0.217. The van der Waals surface area contributed by atoms with Crippen LogP contribution in [0.2, 0.25) is 6.04 Å². The predicted octanol–water partition coefficient (Wildman–Crippen LogP) is -0.393. The highest BCUT2D eigenvalue weighted by atomic mass is 28.4. The van der Waals surface area contributed by atoms with Crippen molar-refractivity contribution >= 4 is 26.7 Å². The molecule has 0 aromatic rings. The fraction of sp³-hybridized carbons (Fsp3) is 0.625. The molecule has 0 spiro atoms. The lowest BCUT2D eigenvalue weighted by molar-refractivity contribution is -0.147. The summed E-state index contributed by atoms with van der Waals surface area (Å²) in [5.41, 5.74) is 0. The third-order valence-electron chi connectivity index (χ3n) is 1.32. The van der Waals surface area contributed by atoms with E-state index in [9.17, 15) is 14.4 Å². The van der Waals surface area contributed by atoms with Gasteiger partial charge in [-0.15, -0.1) is 0 Å². The Morgan fingerprint density at radius 1 is 0.938 bits per heavy atom. The molecule has 7 nitrogen and oxygen atoms in total. The lowest BCUT2D eigenvalue weighted by Crippen LogP contribution is -2.50. The van der Waals surface area contributed by atoms with E-state index >= 15 is 0 Å². The molecule has 8 heteroatoms. The molecule has 0 atom stereocenters. The van der Waals surface area contributed by atoms with E-state index in [1.165, 1.54) is 0 Å². The van der Waals surface area contributed by atoms with Crippen LogP contribution in [-0.2, 0) is 27.7 Å². The second-order valence-corrected chi connectivity index (χ2v) is 5.42. The molecule has 0 aliphatic rings. The van der Waals surface area contributed by atoms with Crippen LogP contribution in [-0.4, -0.2) is 38.4 Å². The molecule has 0 amide bonds. The van der Waals surface area contributed by atoms with E-state index < -0.39 is 33.3 Å². The van der Waals surface area contributed by atoms with Gasteiger partial charge in [0.15, 0.2) is 0 Å². The minimum atomic E-state index is -3.78. The first-order valence-electron chi connectivity index (χ1n) is 4.51. The number of aliphatic hydroxyl groups is 1. The highest BCUT2D eigenvalue weighted by Crippen LogP contribution is 2.16. The van der Waals surface area contributed by atoms with Gasteiger partial charge >= 0.3 is 8.80 Å². The number of aliphatic hydroxyl groups excluding tert-OH is 1. The van der Waals surface area contributed by atoms with E-state index in [1.54, 1.807) is 0 Å². The van der Waals surface area contributed by atoms with Crippen LogP contribution in [0.4, 0.5) is 0 Å². The largest absolute Gasteiger partial charge is 0.707 e. The molecular weight excluding hydrogens is 236 g/mol. The van der Waals surface area contributed by atoms with Crippen molar-refractivity contribution in [2.24, 2.45) is 0 Å². The SMILES string of the molecule is CC(=O)O[Si](CCO)(OC(C)=O)OC(C)=O. The van der Waals surface area contributed by atoms with Gasteiger partial charge in [-0.05, 0) is 0 Å². The van der Waals surface area contributed by atoms with Gasteiger partial charge in [-0.2, -0.15) is 0 Å². The zero-order chi connectivity index (χ0) is 12.8. The summed E-state index contributed by atoms with van der Waals surface area (Å²) in [6.07, 6.45) is 0. The van der Waals surface area contributed by atoms with Crippen LogP contribution in [0.3, 0.4) is 0 Å². The van der Waals surface area contributed by atoms with Crippen LogP contribution in [0.15, 0.2) is 0 Å². The molecule has 0 aromatic heterocycles. The summed E-state index contributed by atoms with van der Waals surface area (Å²) >= 11 is 0. The zero-order valence-electron chi connectivity index (χ0n) is 9.31. The summed E-state index contributed by atoms with van der Waals surface area (Å²) in [7, 11) is -3.78. The maximum Gasteiger partial charge on any atom is 0.707 e. The van der Waals surface area contributed by atoms with Gasteiger partial charge in [0.1, 0.15) is 0 Å². The molecule has 0 unspecified atom stereocenters. The highest BCUT2D eigenvalue weighted by Gasteiger charge is 2.51. The van der Waals surface area contributed by atoms with Crippen molar-refractivity contribution in [3.8, 4) is 0 Å². The normalized spacial score (nSPS) is 10.5. The fourth-order valence-electron chi connectivity index (χ4n) is 1.01. The first-order valence-corrected chi connectivity index (χ1v) is 6.44. The summed E-state index contributed by atoms with van der Waals surface area (Å²) in [4.78, 5) is 32.5. The van der Waals surface area contributed by atoms with Crippen LogP contribution in [0.5, 0.6) is 0 Å². The maximum atomic E-state index is 10.8. The number of hydrogen-bond donors (Lipinski definition) is 1. The van der Waals surface area contributed by atoms with Gasteiger partial charge in [0.25, 0.3) is 17.9 Å². The third kappa shape index (κ3) is 5.46. The van der Waals surface area contributed by atoms with Crippen LogP contribution < -0.4 is 0 Å². The number of carbonyl (C=O) groups excluding carboxylic acids is 3. The van der Waals surface area contributed by atoms with Crippen molar-refractivity contribution in [2.45, 2.75) is 26.8 Å². The van der Waals surface area contributed by atoms with E-state index in [-0.39, 0.29) is 6.04 Å². The lowest BCUT2D eigenvalue weighted by atomic mass is 10.8. The van der Waals surface area contributed by atoms with E-state index in [4.69, 9.17) is 18.4 Å².